The smallest absolute Gasteiger partial charge is 0.0964 e. The Balaban J connectivity index is 2.34. The third-order valence-corrected chi connectivity index (χ3v) is 2.74. The number of nitrogens with zero attached hydrogens (tertiary/aromatic N) is 3. The molecular formula is C11H22N4O. The summed E-state index contributed by atoms with van der Waals surface area (Å²) in [5.74, 6) is 0.615. The van der Waals surface area contributed by atoms with Gasteiger partial charge in [-0.3, -0.25) is 4.68 Å². The van der Waals surface area contributed by atoms with Crippen LogP contribution >= 0.6 is 0 Å². The molecule has 92 valence electrons. The standard InChI is InChI=1S/C11H22N4O/c1-9(2)10(3)12-7-11-8-15(14-13-11)5-4-6-16/h8-10,12,16H,4-7H2,1-3H3. The van der Waals surface area contributed by atoms with E-state index >= 15 is 0 Å². The Labute approximate surface area is 96.9 Å². The van der Waals surface area contributed by atoms with Crippen molar-refractivity contribution in [3.63, 3.8) is 0 Å². The summed E-state index contributed by atoms with van der Waals surface area (Å²) in [4.78, 5) is 0. The Kier molecular flexibility index (Phi) is 5.42. The molecule has 1 heterocycles. The highest BCUT2D eigenvalue weighted by Gasteiger charge is 2.07. The van der Waals surface area contributed by atoms with E-state index < -0.39 is 0 Å². The Morgan fingerprint density at radius 1 is 1.44 bits per heavy atom. The average Bonchev–Trinajstić information content (AvgIpc) is 2.70. The maximum Gasteiger partial charge on any atom is 0.0964 e. The van der Waals surface area contributed by atoms with Crippen LogP contribution in [0.15, 0.2) is 6.20 Å². The van der Waals surface area contributed by atoms with Crippen molar-refractivity contribution in [2.75, 3.05) is 6.61 Å². The van der Waals surface area contributed by atoms with Crippen LogP contribution in [-0.2, 0) is 13.1 Å². The first-order valence-corrected chi connectivity index (χ1v) is 5.86. The van der Waals surface area contributed by atoms with Crippen molar-refractivity contribution in [3.05, 3.63) is 11.9 Å². The quantitative estimate of drug-likeness (QED) is 0.721. The summed E-state index contributed by atoms with van der Waals surface area (Å²) >= 11 is 0. The third-order valence-electron chi connectivity index (χ3n) is 2.74. The highest BCUT2D eigenvalue weighted by Crippen LogP contribution is 2.01. The second-order valence-electron chi connectivity index (χ2n) is 4.46. The summed E-state index contributed by atoms with van der Waals surface area (Å²) in [7, 11) is 0. The molecule has 16 heavy (non-hydrogen) atoms. The van der Waals surface area contributed by atoms with Gasteiger partial charge in [0.15, 0.2) is 0 Å². The summed E-state index contributed by atoms with van der Waals surface area (Å²) in [6, 6.07) is 0.475. The molecule has 0 aromatic carbocycles. The largest absolute Gasteiger partial charge is 0.396 e. The molecule has 0 radical (unpaired) electrons. The molecule has 1 aromatic rings. The highest BCUT2D eigenvalue weighted by atomic mass is 16.3. The Bertz CT molecular complexity index is 298. The van der Waals surface area contributed by atoms with E-state index in [-0.39, 0.29) is 6.61 Å². The summed E-state index contributed by atoms with van der Waals surface area (Å²) in [6.45, 7) is 8.21. The molecule has 0 aliphatic rings. The first-order valence-electron chi connectivity index (χ1n) is 5.86. The van der Waals surface area contributed by atoms with Crippen LogP contribution in [0.25, 0.3) is 0 Å². The Morgan fingerprint density at radius 2 is 2.19 bits per heavy atom. The molecule has 0 saturated carbocycles. The number of hydrogen-bond donors (Lipinski definition) is 2. The molecule has 1 atom stereocenters. The van der Waals surface area contributed by atoms with Gasteiger partial charge in [0.2, 0.25) is 0 Å². The first kappa shape index (κ1) is 13.1. The van der Waals surface area contributed by atoms with Gasteiger partial charge in [-0.2, -0.15) is 0 Å². The number of hydrogen-bond acceptors (Lipinski definition) is 4. The minimum atomic E-state index is 0.192. The maximum atomic E-state index is 8.70. The van der Waals surface area contributed by atoms with Gasteiger partial charge >= 0.3 is 0 Å². The zero-order valence-corrected chi connectivity index (χ0v) is 10.3. The third kappa shape index (κ3) is 4.28. The molecule has 0 aliphatic heterocycles. The lowest BCUT2D eigenvalue weighted by Gasteiger charge is -2.16. The van der Waals surface area contributed by atoms with Crippen LogP contribution in [0.1, 0.15) is 32.9 Å². The van der Waals surface area contributed by atoms with Crippen molar-refractivity contribution in [1.82, 2.24) is 20.3 Å². The highest BCUT2D eigenvalue weighted by molar-refractivity contribution is 4.92. The first-order chi connectivity index (χ1) is 7.63. The van der Waals surface area contributed by atoms with Crippen LogP contribution in [0, 0.1) is 5.92 Å². The maximum absolute atomic E-state index is 8.70. The van der Waals surface area contributed by atoms with Crippen LogP contribution in [-0.4, -0.2) is 32.7 Å². The molecule has 0 amide bonds. The average molecular weight is 226 g/mol. The monoisotopic (exact) mass is 226 g/mol. The minimum absolute atomic E-state index is 0.192. The van der Waals surface area contributed by atoms with E-state index in [9.17, 15) is 0 Å². The van der Waals surface area contributed by atoms with Crippen molar-refractivity contribution in [2.24, 2.45) is 5.92 Å². The van der Waals surface area contributed by atoms with E-state index in [0.717, 1.165) is 25.2 Å². The summed E-state index contributed by atoms with van der Waals surface area (Å²) in [5, 5.41) is 20.2. The molecular weight excluding hydrogens is 204 g/mol. The van der Waals surface area contributed by atoms with Gasteiger partial charge in [-0.15, -0.1) is 5.10 Å². The SMILES string of the molecule is CC(C)C(C)NCc1cn(CCCO)nn1. The number of nitrogens with one attached hydrogen (secondary N) is 1. The minimum Gasteiger partial charge on any atom is -0.396 e. The molecule has 0 saturated heterocycles. The molecule has 2 N–H and O–H groups in total. The van der Waals surface area contributed by atoms with E-state index in [0.29, 0.717) is 12.0 Å². The van der Waals surface area contributed by atoms with Crippen LogP contribution in [0.4, 0.5) is 0 Å². The van der Waals surface area contributed by atoms with Crippen molar-refractivity contribution >= 4 is 0 Å². The fourth-order valence-electron chi connectivity index (χ4n) is 1.26. The van der Waals surface area contributed by atoms with Gasteiger partial charge in [0.1, 0.15) is 0 Å². The van der Waals surface area contributed by atoms with Gasteiger partial charge < -0.3 is 10.4 Å². The lowest BCUT2D eigenvalue weighted by molar-refractivity contribution is 0.276. The van der Waals surface area contributed by atoms with Gasteiger partial charge in [0.05, 0.1) is 5.69 Å². The second kappa shape index (κ2) is 6.60. The number of aromatic nitrogens is 3. The van der Waals surface area contributed by atoms with Crippen molar-refractivity contribution in [3.8, 4) is 0 Å². The van der Waals surface area contributed by atoms with Crippen molar-refractivity contribution < 1.29 is 5.11 Å². The van der Waals surface area contributed by atoms with Gasteiger partial charge in [-0.25, -0.2) is 0 Å². The van der Waals surface area contributed by atoms with Gasteiger partial charge in [-0.05, 0) is 19.3 Å². The van der Waals surface area contributed by atoms with Crippen molar-refractivity contribution in [1.29, 1.82) is 0 Å². The summed E-state index contributed by atoms with van der Waals surface area (Å²) in [5.41, 5.74) is 0.949. The molecule has 1 unspecified atom stereocenters. The molecule has 1 rings (SSSR count). The van der Waals surface area contributed by atoms with Gasteiger partial charge in [0.25, 0.3) is 0 Å². The zero-order chi connectivity index (χ0) is 12.0. The van der Waals surface area contributed by atoms with E-state index in [1.54, 1.807) is 4.68 Å². The summed E-state index contributed by atoms with van der Waals surface area (Å²) < 4.78 is 1.77. The fraction of sp³-hybridized carbons (Fsp3) is 0.818. The molecule has 0 bridgehead atoms. The van der Waals surface area contributed by atoms with Crippen LogP contribution in [0.5, 0.6) is 0 Å². The predicted octanol–water partition coefficient (Wildman–Crippen LogP) is 0.795. The van der Waals surface area contributed by atoms with Crippen LogP contribution in [0.2, 0.25) is 0 Å². The lowest BCUT2D eigenvalue weighted by Crippen LogP contribution is -2.30. The number of aliphatic hydroxyl groups is 1. The van der Waals surface area contributed by atoms with E-state index in [1.165, 1.54) is 0 Å². The van der Waals surface area contributed by atoms with Crippen LogP contribution < -0.4 is 5.32 Å². The van der Waals surface area contributed by atoms with Gasteiger partial charge in [-0.1, -0.05) is 19.1 Å². The molecule has 1 aromatic heterocycles. The topological polar surface area (TPSA) is 63.0 Å². The molecule has 0 aliphatic carbocycles. The molecule has 0 fully saturated rings. The lowest BCUT2D eigenvalue weighted by atomic mass is 10.1. The Morgan fingerprint density at radius 3 is 2.81 bits per heavy atom. The number of rotatable bonds is 7. The second-order valence-corrected chi connectivity index (χ2v) is 4.46. The zero-order valence-electron chi connectivity index (χ0n) is 10.3. The van der Waals surface area contributed by atoms with E-state index in [1.807, 2.05) is 6.20 Å². The fourth-order valence-corrected chi connectivity index (χ4v) is 1.26. The summed E-state index contributed by atoms with van der Waals surface area (Å²) in [6.07, 6.45) is 2.65. The normalized spacial score (nSPS) is 13.3. The van der Waals surface area contributed by atoms with Gasteiger partial charge in [0, 0.05) is 31.9 Å². The van der Waals surface area contributed by atoms with E-state index in [2.05, 4.69) is 36.4 Å². The van der Waals surface area contributed by atoms with Crippen molar-refractivity contribution in [2.45, 2.75) is 46.3 Å². The Hall–Kier alpha value is -0.940. The van der Waals surface area contributed by atoms with Crippen LogP contribution in [0.3, 0.4) is 0 Å². The molecule has 0 spiro atoms. The number of aryl methyl sites for hydroxylation is 1. The van der Waals surface area contributed by atoms with E-state index in [4.69, 9.17) is 5.11 Å². The molecule has 5 nitrogen and oxygen atoms in total. The predicted molar refractivity (Wildman–Crippen MR) is 62.9 cm³/mol. The molecule has 5 heteroatoms. The number of aliphatic hydroxyl groups excluding tert-OH is 1.